The summed E-state index contributed by atoms with van der Waals surface area (Å²) in [7, 11) is 0. The van der Waals surface area contributed by atoms with Gasteiger partial charge in [0.2, 0.25) is 0 Å². The van der Waals surface area contributed by atoms with Crippen LogP contribution in [0.1, 0.15) is 13.3 Å². The molecular weight excluding hydrogens is 176 g/mol. The first kappa shape index (κ1) is 9.34. The molecule has 0 atom stereocenters. The molecule has 14 heavy (non-hydrogen) atoms. The molecule has 1 saturated heterocycles. The molecule has 3 heteroatoms. The molecule has 0 unspecified atom stereocenters. The number of aliphatic hydroxyl groups is 1. The van der Waals surface area contributed by atoms with Crippen LogP contribution in [0.4, 0.5) is 11.4 Å². The van der Waals surface area contributed by atoms with Crippen molar-refractivity contribution in [3.05, 3.63) is 24.3 Å². The molecular formula is C11H16N2O. The Balaban J connectivity index is 2.03. The van der Waals surface area contributed by atoms with Crippen molar-refractivity contribution in [2.24, 2.45) is 0 Å². The molecule has 0 bridgehead atoms. The summed E-state index contributed by atoms with van der Waals surface area (Å²) in [6, 6.07) is 7.76. The predicted octanol–water partition coefficient (Wildman–Crippen LogP) is 1.23. The van der Waals surface area contributed by atoms with Crippen LogP contribution in [0.5, 0.6) is 0 Å². The van der Waals surface area contributed by atoms with Crippen molar-refractivity contribution in [3.63, 3.8) is 0 Å². The molecule has 0 aromatic heterocycles. The van der Waals surface area contributed by atoms with Crippen molar-refractivity contribution in [1.29, 1.82) is 0 Å². The van der Waals surface area contributed by atoms with Crippen molar-refractivity contribution in [1.82, 2.24) is 0 Å². The molecule has 1 heterocycles. The van der Waals surface area contributed by atoms with Gasteiger partial charge in [0.1, 0.15) is 0 Å². The van der Waals surface area contributed by atoms with Gasteiger partial charge in [0.25, 0.3) is 0 Å². The van der Waals surface area contributed by atoms with Crippen LogP contribution in [0.15, 0.2) is 24.3 Å². The van der Waals surface area contributed by atoms with Crippen molar-refractivity contribution in [2.75, 3.05) is 23.7 Å². The number of benzene rings is 1. The van der Waals surface area contributed by atoms with Gasteiger partial charge in [-0.05, 0) is 30.7 Å². The van der Waals surface area contributed by atoms with E-state index in [1.807, 2.05) is 31.2 Å². The summed E-state index contributed by atoms with van der Waals surface area (Å²) in [5, 5.41) is 9.84. The van der Waals surface area contributed by atoms with Gasteiger partial charge in [-0.15, -0.1) is 0 Å². The van der Waals surface area contributed by atoms with E-state index in [1.165, 1.54) is 0 Å². The van der Waals surface area contributed by atoms with Crippen molar-refractivity contribution < 1.29 is 5.11 Å². The van der Waals surface area contributed by atoms with Gasteiger partial charge in [-0.25, -0.2) is 0 Å². The van der Waals surface area contributed by atoms with Crippen LogP contribution in [0.25, 0.3) is 0 Å². The van der Waals surface area contributed by atoms with Crippen LogP contribution in [-0.2, 0) is 0 Å². The fourth-order valence-corrected chi connectivity index (χ4v) is 1.76. The lowest BCUT2D eigenvalue weighted by molar-refractivity contribution is 0.00853. The SMILES string of the molecule is CCC1(O)CN(c2ccc(N)cc2)C1. The number of anilines is 2. The van der Waals surface area contributed by atoms with Crippen LogP contribution < -0.4 is 10.6 Å². The monoisotopic (exact) mass is 192 g/mol. The van der Waals surface area contributed by atoms with Crippen molar-refractivity contribution in [3.8, 4) is 0 Å². The first-order chi connectivity index (χ1) is 6.63. The van der Waals surface area contributed by atoms with Gasteiger partial charge in [-0.3, -0.25) is 0 Å². The molecule has 0 aliphatic carbocycles. The maximum Gasteiger partial charge on any atom is 0.0992 e. The number of rotatable bonds is 2. The van der Waals surface area contributed by atoms with Crippen LogP contribution in [0.3, 0.4) is 0 Å². The van der Waals surface area contributed by atoms with Crippen molar-refractivity contribution >= 4 is 11.4 Å². The third-order valence-electron chi connectivity index (χ3n) is 2.89. The van der Waals surface area contributed by atoms with E-state index in [9.17, 15) is 5.11 Å². The highest BCUT2D eigenvalue weighted by Gasteiger charge is 2.39. The second kappa shape index (κ2) is 3.17. The molecule has 0 spiro atoms. The van der Waals surface area contributed by atoms with Crippen molar-refractivity contribution in [2.45, 2.75) is 18.9 Å². The first-order valence-electron chi connectivity index (χ1n) is 4.96. The Labute approximate surface area is 84.1 Å². The Morgan fingerprint density at radius 2 is 1.93 bits per heavy atom. The minimum Gasteiger partial charge on any atom is -0.399 e. The van der Waals surface area contributed by atoms with E-state index in [0.717, 1.165) is 30.9 Å². The third-order valence-corrected chi connectivity index (χ3v) is 2.89. The van der Waals surface area contributed by atoms with Gasteiger partial charge in [0.05, 0.1) is 5.60 Å². The number of nitrogen functional groups attached to an aromatic ring is 1. The van der Waals surface area contributed by atoms with Gasteiger partial charge in [-0.1, -0.05) is 6.92 Å². The molecule has 1 aromatic rings. The average molecular weight is 192 g/mol. The summed E-state index contributed by atoms with van der Waals surface area (Å²) in [6.07, 6.45) is 0.818. The Kier molecular flexibility index (Phi) is 2.11. The number of β-amino-alcohol motifs (C(OH)–C–C–N with tert-alkyl or cyclic N) is 1. The standard InChI is InChI=1S/C11H16N2O/c1-2-11(14)7-13(8-11)10-5-3-9(12)4-6-10/h3-6,14H,2,7-8,12H2,1H3. The summed E-state index contributed by atoms with van der Waals surface area (Å²) < 4.78 is 0. The molecule has 1 aliphatic heterocycles. The zero-order chi connectivity index (χ0) is 10.2. The molecule has 3 nitrogen and oxygen atoms in total. The van der Waals surface area contributed by atoms with Crippen LogP contribution in [-0.4, -0.2) is 23.8 Å². The lowest BCUT2D eigenvalue weighted by atomic mass is 9.91. The first-order valence-corrected chi connectivity index (χ1v) is 4.96. The normalized spacial score (nSPS) is 19.1. The highest BCUT2D eigenvalue weighted by molar-refractivity contribution is 5.55. The number of nitrogens with zero attached hydrogens (tertiary/aromatic N) is 1. The molecule has 0 amide bonds. The fraction of sp³-hybridized carbons (Fsp3) is 0.455. The van der Waals surface area contributed by atoms with Gasteiger partial charge in [0, 0.05) is 24.5 Å². The molecule has 1 aliphatic rings. The zero-order valence-electron chi connectivity index (χ0n) is 8.40. The maximum atomic E-state index is 9.84. The minimum absolute atomic E-state index is 0.471. The molecule has 0 saturated carbocycles. The summed E-state index contributed by atoms with van der Waals surface area (Å²) in [5.74, 6) is 0. The van der Waals surface area contributed by atoms with Crippen LogP contribution in [0.2, 0.25) is 0 Å². The highest BCUT2D eigenvalue weighted by Crippen LogP contribution is 2.29. The van der Waals surface area contributed by atoms with E-state index in [1.54, 1.807) is 0 Å². The summed E-state index contributed by atoms with van der Waals surface area (Å²) in [6.45, 7) is 3.47. The molecule has 3 N–H and O–H groups in total. The molecule has 1 aromatic carbocycles. The maximum absolute atomic E-state index is 9.84. The predicted molar refractivity (Wildman–Crippen MR) is 58.3 cm³/mol. The van der Waals surface area contributed by atoms with E-state index in [0.29, 0.717) is 0 Å². The van der Waals surface area contributed by atoms with Gasteiger partial charge < -0.3 is 15.7 Å². The minimum atomic E-state index is -0.471. The molecule has 1 fully saturated rings. The third kappa shape index (κ3) is 1.55. The topological polar surface area (TPSA) is 49.5 Å². The second-order valence-electron chi connectivity index (χ2n) is 4.03. The largest absolute Gasteiger partial charge is 0.399 e. The van der Waals surface area contributed by atoms with E-state index in [4.69, 9.17) is 5.73 Å². The van der Waals surface area contributed by atoms with Crippen LogP contribution in [0, 0.1) is 0 Å². The summed E-state index contributed by atoms with van der Waals surface area (Å²) in [4.78, 5) is 2.16. The molecule has 2 rings (SSSR count). The zero-order valence-corrected chi connectivity index (χ0v) is 8.40. The van der Waals surface area contributed by atoms with Gasteiger partial charge in [0.15, 0.2) is 0 Å². The summed E-state index contributed by atoms with van der Waals surface area (Å²) >= 11 is 0. The van der Waals surface area contributed by atoms with E-state index in [-0.39, 0.29) is 0 Å². The smallest absolute Gasteiger partial charge is 0.0992 e. The molecule has 76 valence electrons. The van der Waals surface area contributed by atoms with Crippen LogP contribution >= 0.6 is 0 Å². The lowest BCUT2D eigenvalue weighted by Crippen LogP contribution is -2.61. The van der Waals surface area contributed by atoms with E-state index >= 15 is 0 Å². The Bertz CT molecular complexity index is 315. The Morgan fingerprint density at radius 1 is 1.36 bits per heavy atom. The average Bonchev–Trinajstić information content (AvgIpc) is 2.15. The number of nitrogens with two attached hydrogens (primary N) is 1. The Morgan fingerprint density at radius 3 is 2.43 bits per heavy atom. The summed E-state index contributed by atoms with van der Waals surface area (Å²) in [5.41, 5.74) is 7.04. The lowest BCUT2D eigenvalue weighted by Gasteiger charge is -2.47. The van der Waals surface area contributed by atoms with E-state index < -0.39 is 5.60 Å². The highest BCUT2D eigenvalue weighted by atomic mass is 16.3. The van der Waals surface area contributed by atoms with Gasteiger partial charge >= 0.3 is 0 Å². The number of hydrogen-bond donors (Lipinski definition) is 2. The Hall–Kier alpha value is -1.22. The quantitative estimate of drug-likeness (QED) is 0.693. The van der Waals surface area contributed by atoms with E-state index in [2.05, 4.69) is 4.90 Å². The molecule has 0 radical (unpaired) electrons. The fourth-order valence-electron chi connectivity index (χ4n) is 1.76. The second-order valence-corrected chi connectivity index (χ2v) is 4.03. The van der Waals surface area contributed by atoms with Gasteiger partial charge in [-0.2, -0.15) is 0 Å². The number of hydrogen-bond acceptors (Lipinski definition) is 3.